The van der Waals surface area contributed by atoms with Gasteiger partial charge in [0.1, 0.15) is 0 Å². The largest absolute Gasteiger partial charge is 0.347 e. The smallest absolute Gasteiger partial charge is 0.262 e. The molecule has 1 aromatic heterocycles. The molecule has 0 saturated carbocycles. The van der Waals surface area contributed by atoms with Gasteiger partial charge in [0, 0.05) is 24.7 Å². The SMILES string of the molecule is CS(=O)(=O)N1CCCC(NC(=O)c2sccc2-c2ccccc2)C1. The van der Waals surface area contributed by atoms with Gasteiger partial charge in [-0.05, 0) is 29.9 Å². The van der Waals surface area contributed by atoms with Crippen molar-refractivity contribution in [2.45, 2.75) is 18.9 Å². The molecule has 1 aliphatic rings. The Hall–Kier alpha value is -1.70. The number of hydrogen-bond donors (Lipinski definition) is 1. The summed E-state index contributed by atoms with van der Waals surface area (Å²) >= 11 is 1.40. The van der Waals surface area contributed by atoms with Crippen LogP contribution in [0.1, 0.15) is 22.5 Å². The van der Waals surface area contributed by atoms with Gasteiger partial charge in [0.25, 0.3) is 5.91 Å². The van der Waals surface area contributed by atoms with Crippen molar-refractivity contribution in [3.63, 3.8) is 0 Å². The molecule has 1 unspecified atom stereocenters. The first-order chi connectivity index (χ1) is 11.4. The number of benzene rings is 1. The van der Waals surface area contributed by atoms with Crippen LogP contribution in [-0.4, -0.2) is 44.0 Å². The second kappa shape index (κ2) is 7.04. The highest BCUT2D eigenvalue weighted by Gasteiger charge is 2.27. The van der Waals surface area contributed by atoms with E-state index in [1.165, 1.54) is 21.9 Å². The van der Waals surface area contributed by atoms with Crippen LogP contribution in [0, 0.1) is 0 Å². The number of nitrogens with one attached hydrogen (secondary N) is 1. The standard InChI is InChI=1S/C17H20N2O3S2/c1-24(21,22)19-10-5-8-14(12-19)18-17(20)16-15(9-11-23-16)13-6-3-2-4-7-13/h2-4,6-7,9,11,14H,5,8,10,12H2,1H3,(H,18,20). The number of nitrogens with zero attached hydrogens (tertiary/aromatic N) is 1. The number of piperidine rings is 1. The average molecular weight is 364 g/mol. The summed E-state index contributed by atoms with van der Waals surface area (Å²) in [7, 11) is -3.21. The van der Waals surface area contributed by atoms with E-state index in [1.807, 2.05) is 41.8 Å². The van der Waals surface area contributed by atoms with Gasteiger partial charge in [-0.15, -0.1) is 11.3 Å². The van der Waals surface area contributed by atoms with Crippen LogP contribution in [0.3, 0.4) is 0 Å². The van der Waals surface area contributed by atoms with Gasteiger partial charge in [-0.25, -0.2) is 12.7 Å². The molecule has 5 nitrogen and oxygen atoms in total. The second-order valence-electron chi connectivity index (χ2n) is 5.96. The summed E-state index contributed by atoms with van der Waals surface area (Å²) in [6, 6.07) is 11.6. The molecule has 1 fully saturated rings. The van der Waals surface area contributed by atoms with Gasteiger partial charge in [-0.3, -0.25) is 4.79 Å². The number of carbonyl (C=O) groups excluding carboxylic acids is 1. The Morgan fingerprint density at radius 1 is 1.25 bits per heavy atom. The molecule has 1 aromatic carbocycles. The Kier molecular flexibility index (Phi) is 5.03. The normalized spacial score (nSPS) is 19.1. The quantitative estimate of drug-likeness (QED) is 0.907. The Morgan fingerprint density at radius 2 is 2.00 bits per heavy atom. The Labute approximate surface area is 146 Å². The first-order valence-electron chi connectivity index (χ1n) is 7.84. The highest BCUT2D eigenvalue weighted by molar-refractivity contribution is 7.88. The molecular weight excluding hydrogens is 344 g/mol. The van der Waals surface area contributed by atoms with Gasteiger partial charge in [0.2, 0.25) is 10.0 Å². The predicted molar refractivity (Wildman–Crippen MR) is 96.7 cm³/mol. The van der Waals surface area contributed by atoms with Crippen molar-refractivity contribution in [3.05, 3.63) is 46.7 Å². The van der Waals surface area contributed by atoms with E-state index >= 15 is 0 Å². The molecule has 2 aromatic rings. The fourth-order valence-corrected chi connectivity index (χ4v) is 4.67. The van der Waals surface area contributed by atoms with Crippen LogP contribution in [0.5, 0.6) is 0 Å². The van der Waals surface area contributed by atoms with Crippen LogP contribution in [0.15, 0.2) is 41.8 Å². The summed E-state index contributed by atoms with van der Waals surface area (Å²) in [6.45, 7) is 0.871. The minimum Gasteiger partial charge on any atom is -0.347 e. The molecule has 128 valence electrons. The van der Waals surface area contributed by atoms with E-state index in [-0.39, 0.29) is 11.9 Å². The van der Waals surface area contributed by atoms with Gasteiger partial charge < -0.3 is 5.32 Å². The lowest BCUT2D eigenvalue weighted by molar-refractivity contribution is 0.0926. The van der Waals surface area contributed by atoms with Crippen LogP contribution in [-0.2, 0) is 10.0 Å². The van der Waals surface area contributed by atoms with E-state index in [2.05, 4.69) is 5.32 Å². The predicted octanol–water partition coefficient (Wildman–Crippen LogP) is 2.57. The molecule has 0 radical (unpaired) electrons. The third kappa shape index (κ3) is 3.85. The summed E-state index contributed by atoms with van der Waals surface area (Å²) in [6.07, 6.45) is 2.77. The molecule has 1 aliphatic heterocycles. The summed E-state index contributed by atoms with van der Waals surface area (Å²) in [5.41, 5.74) is 1.92. The van der Waals surface area contributed by atoms with Gasteiger partial charge in [0.05, 0.1) is 11.1 Å². The van der Waals surface area contributed by atoms with E-state index in [0.29, 0.717) is 18.0 Å². The Morgan fingerprint density at radius 3 is 2.71 bits per heavy atom. The summed E-state index contributed by atoms with van der Waals surface area (Å²) in [5, 5.41) is 4.90. The lowest BCUT2D eigenvalue weighted by Gasteiger charge is -2.31. The van der Waals surface area contributed by atoms with Crippen molar-refractivity contribution in [2.75, 3.05) is 19.3 Å². The maximum absolute atomic E-state index is 12.7. The zero-order valence-electron chi connectivity index (χ0n) is 13.4. The first kappa shape index (κ1) is 17.1. The maximum atomic E-state index is 12.7. The number of sulfonamides is 1. The van der Waals surface area contributed by atoms with Crippen molar-refractivity contribution in [3.8, 4) is 11.1 Å². The minimum atomic E-state index is -3.21. The van der Waals surface area contributed by atoms with Crippen LogP contribution >= 0.6 is 11.3 Å². The van der Waals surface area contributed by atoms with Crippen LogP contribution in [0.2, 0.25) is 0 Å². The fraction of sp³-hybridized carbons (Fsp3) is 0.353. The van der Waals surface area contributed by atoms with E-state index in [1.54, 1.807) is 0 Å². The zero-order chi connectivity index (χ0) is 17.2. The molecule has 1 N–H and O–H groups in total. The summed E-state index contributed by atoms with van der Waals surface area (Å²) in [4.78, 5) is 13.3. The molecule has 7 heteroatoms. The molecule has 1 atom stereocenters. The van der Waals surface area contributed by atoms with Crippen molar-refractivity contribution >= 4 is 27.3 Å². The fourth-order valence-electron chi connectivity index (χ4n) is 2.94. The van der Waals surface area contributed by atoms with Crippen LogP contribution < -0.4 is 5.32 Å². The molecule has 2 heterocycles. The van der Waals surface area contributed by atoms with Gasteiger partial charge in [-0.2, -0.15) is 0 Å². The van der Waals surface area contributed by atoms with Crippen molar-refractivity contribution in [1.82, 2.24) is 9.62 Å². The first-order valence-corrected chi connectivity index (χ1v) is 10.6. The third-order valence-corrected chi connectivity index (χ3v) is 6.33. The van der Waals surface area contributed by atoms with Crippen LogP contribution in [0.4, 0.5) is 0 Å². The summed E-state index contributed by atoms with van der Waals surface area (Å²) in [5.74, 6) is -0.135. The Balaban J connectivity index is 1.73. The molecule has 0 aliphatic carbocycles. The van der Waals surface area contributed by atoms with Crippen LogP contribution in [0.25, 0.3) is 11.1 Å². The van der Waals surface area contributed by atoms with E-state index in [4.69, 9.17) is 0 Å². The maximum Gasteiger partial charge on any atom is 0.262 e. The number of thiophene rings is 1. The molecule has 0 spiro atoms. The third-order valence-electron chi connectivity index (χ3n) is 4.14. The van der Waals surface area contributed by atoms with E-state index in [9.17, 15) is 13.2 Å². The van der Waals surface area contributed by atoms with Gasteiger partial charge >= 0.3 is 0 Å². The molecular formula is C17H20N2O3S2. The molecule has 1 amide bonds. The lowest BCUT2D eigenvalue weighted by Crippen LogP contribution is -2.49. The average Bonchev–Trinajstić information content (AvgIpc) is 3.05. The molecule has 1 saturated heterocycles. The number of amides is 1. The van der Waals surface area contributed by atoms with Crippen molar-refractivity contribution in [1.29, 1.82) is 0 Å². The topological polar surface area (TPSA) is 66.5 Å². The monoisotopic (exact) mass is 364 g/mol. The number of carbonyl (C=O) groups is 1. The molecule has 24 heavy (non-hydrogen) atoms. The second-order valence-corrected chi connectivity index (χ2v) is 8.86. The highest BCUT2D eigenvalue weighted by atomic mass is 32.2. The highest BCUT2D eigenvalue weighted by Crippen LogP contribution is 2.28. The Bertz CT molecular complexity index is 815. The number of hydrogen-bond acceptors (Lipinski definition) is 4. The minimum absolute atomic E-state index is 0.135. The zero-order valence-corrected chi connectivity index (χ0v) is 15.1. The molecule has 3 rings (SSSR count). The van der Waals surface area contributed by atoms with Gasteiger partial charge in [0.15, 0.2) is 0 Å². The lowest BCUT2D eigenvalue weighted by atomic mass is 10.1. The van der Waals surface area contributed by atoms with Crippen molar-refractivity contribution < 1.29 is 13.2 Å². The van der Waals surface area contributed by atoms with Gasteiger partial charge in [-0.1, -0.05) is 30.3 Å². The summed E-state index contributed by atoms with van der Waals surface area (Å²) < 4.78 is 24.8. The molecule has 0 bridgehead atoms. The van der Waals surface area contributed by atoms with Crippen molar-refractivity contribution in [2.24, 2.45) is 0 Å². The van der Waals surface area contributed by atoms with E-state index < -0.39 is 10.0 Å². The van der Waals surface area contributed by atoms with E-state index in [0.717, 1.165) is 24.0 Å². The number of rotatable bonds is 4.